The highest BCUT2D eigenvalue weighted by Gasteiger charge is 2.10. The monoisotopic (exact) mass is 298 g/mol. The first kappa shape index (κ1) is 13.4. The maximum absolute atomic E-state index is 12.1. The van der Waals surface area contributed by atoms with Crippen LogP contribution in [-0.2, 0) is 0 Å². The number of para-hydroxylation sites is 1. The number of ether oxygens (including phenoxy) is 1. The highest BCUT2D eigenvalue weighted by atomic mass is 35.5. The van der Waals surface area contributed by atoms with Gasteiger partial charge in [0.1, 0.15) is 5.75 Å². The molecule has 5 heteroatoms. The molecule has 0 fully saturated rings. The number of nitrogens with zero attached hydrogens (tertiary/aromatic N) is 2. The van der Waals surface area contributed by atoms with Crippen LogP contribution in [0.4, 0.5) is 0 Å². The predicted octanol–water partition coefficient (Wildman–Crippen LogP) is 3.74. The van der Waals surface area contributed by atoms with Crippen LogP contribution in [0.25, 0.3) is 5.69 Å². The number of aromatic nitrogens is 2. The lowest BCUT2D eigenvalue weighted by atomic mass is 10.2. The molecule has 0 saturated heterocycles. The SMILES string of the molecule is O=C(Oc1ccccc1Cl)c1ccc(-n2cccn2)cc1. The summed E-state index contributed by atoms with van der Waals surface area (Å²) in [6.07, 6.45) is 3.52. The van der Waals surface area contributed by atoms with Gasteiger partial charge in [-0.15, -0.1) is 0 Å². The molecule has 2 aromatic carbocycles. The molecular formula is C16H11ClN2O2. The van der Waals surface area contributed by atoms with E-state index in [9.17, 15) is 4.79 Å². The zero-order valence-electron chi connectivity index (χ0n) is 10.9. The highest BCUT2D eigenvalue weighted by molar-refractivity contribution is 6.32. The molecule has 0 bridgehead atoms. The quantitative estimate of drug-likeness (QED) is 0.546. The van der Waals surface area contributed by atoms with Crippen LogP contribution >= 0.6 is 11.6 Å². The summed E-state index contributed by atoms with van der Waals surface area (Å²) in [5.74, 6) is -0.101. The molecular weight excluding hydrogens is 288 g/mol. The summed E-state index contributed by atoms with van der Waals surface area (Å²) in [5, 5.41) is 4.53. The van der Waals surface area contributed by atoms with E-state index in [2.05, 4.69) is 5.10 Å². The van der Waals surface area contributed by atoms with Gasteiger partial charge in [-0.05, 0) is 42.5 Å². The maximum Gasteiger partial charge on any atom is 0.343 e. The van der Waals surface area contributed by atoms with E-state index in [1.807, 2.05) is 12.3 Å². The third kappa shape index (κ3) is 2.95. The lowest BCUT2D eigenvalue weighted by Crippen LogP contribution is -2.09. The molecule has 0 aliphatic rings. The second kappa shape index (κ2) is 5.81. The Labute approximate surface area is 126 Å². The Morgan fingerprint density at radius 2 is 1.81 bits per heavy atom. The smallest absolute Gasteiger partial charge is 0.343 e. The van der Waals surface area contributed by atoms with E-state index in [1.54, 1.807) is 59.4 Å². The fourth-order valence-corrected chi connectivity index (χ4v) is 2.03. The molecule has 0 N–H and O–H groups in total. The van der Waals surface area contributed by atoms with Crippen molar-refractivity contribution < 1.29 is 9.53 Å². The zero-order chi connectivity index (χ0) is 14.7. The van der Waals surface area contributed by atoms with Crippen LogP contribution < -0.4 is 4.74 Å². The summed E-state index contributed by atoms with van der Waals surface area (Å²) in [5.41, 5.74) is 1.32. The first-order valence-corrected chi connectivity index (χ1v) is 6.68. The molecule has 21 heavy (non-hydrogen) atoms. The van der Waals surface area contributed by atoms with Gasteiger partial charge >= 0.3 is 5.97 Å². The van der Waals surface area contributed by atoms with E-state index in [4.69, 9.17) is 16.3 Å². The Balaban J connectivity index is 1.78. The van der Waals surface area contributed by atoms with Crippen molar-refractivity contribution in [3.63, 3.8) is 0 Å². The van der Waals surface area contributed by atoms with Gasteiger partial charge in [-0.2, -0.15) is 5.10 Å². The summed E-state index contributed by atoms with van der Waals surface area (Å²) in [7, 11) is 0. The van der Waals surface area contributed by atoms with Crippen LogP contribution in [0.1, 0.15) is 10.4 Å². The van der Waals surface area contributed by atoms with Crippen molar-refractivity contribution in [1.82, 2.24) is 9.78 Å². The largest absolute Gasteiger partial charge is 0.421 e. The van der Waals surface area contributed by atoms with Gasteiger partial charge in [0.25, 0.3) is 0 Å². The average molecular weight is 299 g/mol. The first-order chi connectivity index (χ1) is 10.2. The number of halogens is 1. The molecule has 104 valence electrons. The summed E-state index contributed by atoms with van der Waals surface area (Å²) in [6.45, 7) is 0. The van der Waals surface area contributed by atoms with Crippen LogP contribution in [0, 0.1) is 0 Å². The maximum atomic E-state index is 12.1. The van der Waals surface area contributed by atoms with Crippen LogP contribution in [0.15, 0.2) is 67.0 Å². The minimum Gasteiger partial charge on any atom is -0.421 e. The third-order valence-corrected chi connectivity index (χ3v) is 3.22. The van der Waals surface area contributed by atoms with E-state index in [0.29, 0.717) is 16.3 Å². The standard InChI is InChI=1S/C16H11ClN2O2/c17-14-4-1-2-5-15(14)21-16(20)12-6-8-13(9-7-12)19-11-3-10-18-19/h1-11H. The normalized spacial score (nSPS) is 10.3. The van der Waals surface area contributed by atoms with Crippen LogP contribution in [0.5, 0.6) is 5.75 Å². The molecule has 3 aromatic rings. The van der Waals surface area contributed by atoms with Gasteiger partial charge in [0.15, 0.2) is 0 Å². The van der Waals surface area contributed by atoms with Crippen molar-refractivity contribution in [3.8, 4) is 11.4 Å². The second-order valence-corrected chi connectivity index (χ2v) is 4.72. The molecule has 0 unspecified atom stereocenters. The van der Waals surface area contributed by atoms with Gasteiger partial charge in [-0.25, -0.2) is 9.48 Å². The van der Waals surface area contributed by atoms with Crippen LogP contribution in [0.2, 0.25) is 5.02 Å². The van der Waals surface area contributed by atoms with E-state index in [-0.39, 0.29) is 0 Å². The summed E-state index contributed by atoms with van der Waals surface area (Å²) >= 11 is 5.96. The Kier molecular flexibility index (Phi) is 3.71. The fraction of sp³-hybridized carbons (Fsp3) is 0. The minimum absolute atomic E-state index is 0.348. The number of hydrogen-bond acceptors (Lipinski definition) is 3. The van der Waals surface area contributed by atoms with E-state index >= 15 is 0 Å². The zero-order valence-corrected chi connectivity index (χ0v) is 11.7. The highest BCUT2D eigenvalue weighted by Crippen LogP contribution is 2.24. The summed E-state index contributed by atoms with van der Waals surface area (Å²) in [6, 6.07) is 15.7. The van der Waals surface area contributed by atoms with E-state index in [1.165, 1.54) is 0 Å². The molecule has 0 radical (unpaired) electrons. The van der Waals surface area contributed by atoms with Crippen LogP contribution in [-0.4, -0.2) is 15.7 Å². The van der Waals surface area contributed by atoms with Gasteiger partial charge < -0.3 is 4.74 Å². The number of carbonyl (C=O) groups is 1. The van der Waals surface area contributed by atoms with Crippen molar-refractivity contribution >= 4 is 17.6 Å². The number of rotatable bonds is 3. The molecule has 0 saturated carbocycles. The van der Waals surface area contributed by atoms with Crippen LogP contribution in [0.3, 0.4) is 0 Å². The Hall–Kier alpha value is -2.59. The van der Waals surface area contributed by atoms with Gasteiger partial charge in [0.2, 0.25) is 0 Å². The van der Waals surface area contributed by atoms with E-state index in [0.717, 1.165) is 5.69 Å². The minimum atomic E-state index is -0.449. The van der Waals surface area contributed by atoms with Gasteiger partial charge in [0.05, 0.1) is 16.3 Å². The predicted molar refractivity (Wildman–Crippen MR) is 80.0 cm³/mol. The van der Waals surface area contributed by atoms with Crippen molar-refractivity contribution in [2.24, 2.45) is 0 Å². The first-order valence-electron chi connectivity index (χ1n) is 6.31. The Bertz CT molecular complexity index is 752. The molecule has 0 aliphatic carbocycles. The lowest BCUT2D eigenvalue weighted by molar-refractivity contribution is 0.0735. The topological polar surface area (TPSA) is 44.1 Å². The molecule has 3 rings (SSSR count). The number of esters is 1. The number of carbonyl (C=O) groups excluding carboxylic acids is 1. The number of hydrogen-bond donors (Lipinski definition) is 0. The summed E-state index contributed by atoms with van der Waals surface area (Å²) in [4.78, 5) is 12.1. The Morgan fingerprint density at radius 3 is 2.48 bits per heavy atom. The van der Waals surface area contributed by atoms with Crippen molar-refractivity contribution in [3.05, 3.63) is 77.6 Å². The molecule has 0 spiro atoms. The van der Waals surface area contributed by atoms with Gasteiger partial charge in [-0.1, -0.05) is 23.7 Å². The fourth-order valence-electron chi connectivity index (χ4n) is 1.86. The van der Waals surface area contributed by atoms with Gasteiger partial charge in [-0.3, -0.25) is 0 Å². The average Bonchev–Trinajstić information content (AvgIpc) is 3.04. The van der Waals surface area contributed by atoms with Crippen molar-refractivity contribution in [1.29, 1.82) is 0 Å². The molecule has 0 amide bonds. The third-order valence-electron chi connectivity index (χ3n) is 2.91. The van der Waals surface area contributed by atoms with Gasteiger partial charge in [0, 0.05) is 12.4 Å². The van der Waals surface area contributed by atoms with Crippen molar-refractivity contribution in [2.75, 3.05) is 0 Å². The molecule has 1 heterocycles. The molecule has 4 nitrogen and oxygen atoms in total. The Morgan fingerprint density at radius 1 is 1.05 bits per heavy atom. The van der Waals surface area contributed by atoms with Crippen molar-refractivity contribution in [2.45, 2.75) is 0 Å². The summed E-state index contributed by atoms with van der Waals surface area (Å²) < 4.78 is 6.98. The van der Waals surface area contributed by atoms with E-state index < -0.39 is 5.97 Å². The molecule has 0 atom stereocenters. The number of benzene rings is 2. The molecule has 1 aromatic heterocycles. The second-order valence-electron chi connectivity index (χ2n) is 4.32. The molecule has 0 aliphatic heterocycles. The lowest BCUT2D eigenvalue weighted by Gasteiger charge is -2.06.